The largest absolute Gasteiger partial charge is 0.354 e. The van der Waals surface area contributed by atoms with Crippen LogP contribution in [0.5, 0.6) is 0 Å². The zero-order valence-corrected chi connectivity index (χ0v) is 18.9. The molecule has 0 aliphatic heterocycles. The van der Waals surface area contributed by atoms with Crippen LogP contribution in [0.15, 0.2) is 51.8 Å². The van der Waals surface area contributed by atoms with Gasteiger partial charge in [-0.2, -0.15) is 0 Å². The number of aryl methyl sites for hydroxylation is 1. The predicted octanol–water partition coefficient (Wildman–Crippen LogP) is 4.09. The van der Waals surface area contributed by atoms with Gasteiger partial charge in [0.15, 0.2) is 0 Å². The second-order valence-corrected chi connectivity index (χ2v) is 10.2. The number of benzene rings is 2. The first kappa shape index (κ1) is 22.1. The lowest BCUT2D eigenvalue weighted by molar-refractivity contribution is -0.119. The van der Waals surface area contributed by atoms with Gasteiger partial charge in [-0.05, 0) is 55.0 Å². The molecule has 2 aromatic carbocycles. The Bertz CT molecular complexity index is 905. The molecule has 0 bridgehead atoms. The van der Waals surface area contributed by atoms with Gasteiger partial charge in [-0.15, -0.1) is 11.8 Å². The van der Waals surface area contributed by atoms with Crippen LogP contribution < -0.4 is 9.62 Å². The first-order valence-corrected chi connectivity index (χ1v) is 12.1. The Morgan fingerprint density at radius 1 is 1.22 bits per heavy atom. The van der Waals surface area contributed by atoms with E-state index in [1.807, 2.05) is 31.2 Å². The number of anilines is 1. The summed E-state index contributed by atoms with van der Waals surface area (Å²) in [7, 11) is -3.58. The fourth-order valence-electron chi connectivity index (χ4n) is 2.26. The number of nitrogens with one attached hydrogen (secondary N) is 1. The summed E-state index contributed by atoms with van der Waals surface area (Å²) in [4.78, 5) is 13.3. The summed E-state index contributed by atoms with van der Waals surface area (Å²) in [5, 5.41) is 3.44. The summed E-state index contributed by atoms with van der Waals surface area (Å²) in [6.07, 6.45) is 1.09. The minimum atomic E-state index is -3.58. The molecule has 0 unspecified atom stereocenters. The lowest BCUT2D eigenvalue weighted by Gasteiger charge is -2.22. The number of nitrogens with zero attached hydrogens (tertiary/aromatic N) is 1. The van der Waals surface area contributed by atoms with Crippen LogP contribution in [-0.4, -0.2) is 39.4 Å². The molecule has 0 saturated carbocycles. The number of carbonyl (C=O) groups is 1. The van der Waals surface area contributed by atoms with Crippen LogP contribution in [-0.2, 0) is 14.8 Å². The first-order chi connectivity index (χ1) is 12.7. The molecule has 0 saturated heterocycles. The van der Waals surface area contributed by atoms with Crippen LogP contribution in [0.2, 0.25) is 5.02 Å². The Morgan fingerprint density at radius 2 is 1.89 bits per heavy atom. The average Bonchev–Trinajstić information content (AvgIpc) is 2.60. The average molecular weight is 492 g/mol. The fraction of sp³-hybridized carbons (Fsp3) is 0.278. The lowest BCUT2D eigenvalue weighted by Crippen LogP contribution is -2.41. The highest BCUT2D eigenvalue weighted by Gasteiger charge is 2.21. The number of sulfonamides is 1. The maximum atomic E-state index is 12.2. The second kappa shape index (κ2) is 9.82. The van der Waals surface area contributed by atoms with Gasteiger partial charge in [0.2, 0.25) is 15.9 Å². The number of halogens is 2. The van der Waals surface area contributed by atoms with Crippen molar-refractivity contribution in [2.75, 3.05) is 29.4 Å². The van der Waals surface area contributed by atoms with Gasteiger partial charge >= 0.3 is 0 Å². The van der Waals surface area contributed by atoms with Crippen molar-refractivity contribution in [3.8, 4) is 0 Å². The van der Waals surface area contributed by atoms with E-state index in [0.29, 0.717) is 23.0 Å². The molecule has 5 nitrogen and oxygen atoms in total. The van der Waals surface area contributed by atoms with Gasteiger partial charge < -0.3 is 5.32 Å². The molecule has 0 heterocycles. The van der Waals surface area contributed by atoms with Crippen molar-refractivity contribution in [2.45, 2.75) is 11.8 Å². The Morgan fingerprint density at radius 3 is 2.48 bits per heavy atom. The van der Waals surface area contributed by atoms with E-state index in [1.54, 1.807) is 30.0 Å². The molecular weight excluding hydrogens is 472 g/mol. The van der Waals surface area contributed by atoms with Crippen LogP contribution in [0, 0.1) is 6.92 Å². The number of amides is 1. The number of hydrogen-bond donors (Lipinski definition) is 1. The highest BCUT2D eigenvalue weighted by molar-refractivity contribution is 9.10. The van der Waals surface area contributed by atoms with E-state index in [2.05, 4.69) is 21.2 Å². The van der Waals surface area contributed by atoms with Crippen molar-refractivity contribution >= 4 is 60.9 Å². The Hall–Kier alpha value is -1.22. The molecule has 0 spiro atoms. The molecule has 0 radical (unpaired) electrons. The van der Waals surface area contributed by atoms with Gasteiger partial charge in [0, 0.05) is 26.7 Å². The van der Waals surface area contributed by atoms with E-state index in [1.165, 1.54) is 0 Å². The second-order valence-electron chi connectivity index (χ2n) is 5.86. The van der Waals surface area contributed by atoms with Gasteiger partial charge in [-0.3, -0.25) is 9.10 Å². The Balaban J connectivity index is 1.92. The highest BCUT2D eigenvalue weighted by atomic mass is 79.9. The van der Waals surface area contributed by atoms with Gasteiger partial charge in [-0.1, -0.05) is 27.5 Å². The van der Waals surface area contributed by atoms with Crippen molar-refractivity contribution in [2.24, 2.45) is 0 Å². The minimum absolute atomic E-state index is 0.258. The standard InChI is InChI=1S/C18H20BrClN2O3S2/c1-13-11-15(5-8-17(13)19)22(27(2,24)25)12-18(23)21-9-10-26-16-6-3-14(20)4-7-16/h3-8,11H,9-10,12H2,1-2H3,(H,21,23). The smallest absolute Gasteiger partial charge is 0.240 e. The van der Waals surface area contributed by atoms with Crippen molar-refractivity contribution in [3.05, 3.63) is 57.5 Å². The summed E-state index contributed by atoms with van der Waals surface area (Å²) in [6.45, 7) is 2.04. The third-order valence-electron chi connectivity index (χ3n) is 3.62. The normalized spacial score (nSPS) is 11.3. The maximum absolute atomic E-state index is 12.2. The van der Waals surface area contributed by atoms with Crippen LogP contribution in [0.3, 0.4) is 0 Å². The van der Waals surface area contributed by atoms with Crippen LogP contribution in [0.1, 0.15) is 5.56 Å². The molecule has 0 fully saturated rings. The molecule has 9 heteroatoms. The van der Waals surface area contributed by atoms with Gasteiger partial charge in [-0.25, -0.2) is 8.42 Å². The van der Waals surface area contributed by atoms with E-state index < -0.39 is 10.0 Å². The van der Waals surface area contributed by atoms with Gasteiger partial charge in [0.25, 0.3) is 0 Å². The molecule has 0 aliphatic rings. The van der Waals surface area contributed by atoms with Crippen molar-refractivity contribution in [1.29, 1.82) is 0 Å². The van der Waals surface area contributed by atoms with Crippen molar-refractivity contribution in [1.82, 2.24) is 5.32 Å². The fourth-order valence-corrected chi connectivity index (χ4v) is 4.25. The highest BCUT2D eigenvalue weighted by Crippen LogP contribution is 2.24. The summed E-state index contributed by atoms with van der Waals surface area (Å²) in [5.41, 5.74) is 1.35. The zero-order chi connectivity index (χ0) is 20.0. The molecule has 0 atom stereocenters. The number of rotatable bonds is 8. The molecule has 0 aromatic heterocycles. The lowest BCUT2D eigenvalue weighted by atomic mass is 10.2. The van der Waals surface area contributed by atoms with Crippen LogP contribution in [0.4, 0.5) is 5.69 Å². The van der Waals surface area contributed by atoms with Crippen molar-refractivity contribution < 1.29 is 13.2 Å². The molecule has 2 rings (SSSR count). The number of carbonyl (C=O) groups excluding carboxylic acids is 1. The molecule has 2 aromatic rings. The minimum Gasteiger partial charge on any atom is -0.354 e. The van der Waals surface area contributed by atoms with Crippen LogP contribution in [0.25, 0.3) is 0 Å². The first-order valence-electron chi connectivity index (χ1n) is 8.06. The number of thioether (sulfide) groups is 1. The molecular formula is C18H20BrClN2O3S2. The van der Waals surface area contributed by atoms with Crippen molar-refractivity contribution in [3.63, 3.8) is 0 Å². The molecule has 0 aliphatic carbocycles. The van der Waals surface area contributed by atoms with E-state index >= 15 is 0 Å². The molecule has 27 heavy (non-hydrogen) atoms. The molecule has 1 amide bonds. The third-order valence-corrected chi connectivity index (χ3v) is 6.92. The SMILES string of the molecule is Cc1cc(N(CC(=O)NCCSc2ccc(Cl)cc2)S(C)(=O)=O)ccc1Br. The Kier molecular flexibility index (Phi) is 8.03. The Labute approximate surface area is 177 Å². The third kappa shape index (κ3) is 7.03. The topological polar surface area (TPSA) is 66.5 Å². The summed E-state index contributed by atoms with van der Waals surface area (Å²) < 4.78 is 26.2. The molecule has 146 valence electrons. The van der Waals surface area contributed by atoms with E-state index in [9.17, 15) is 13.2 Å². The quantitative estimate of drug-likeness (QED) is 0.446. The van der Waals surface area contributed by atoms with Crippen LogP contribution >= 0.6 is 39.3 Å². The number of hydrogen-bond acceptors (Lipinski definition) is 4. The van der Waals surface area contributed by atoms with Gasteiger partial charge in [0.1, 0.15) is 6.54 Å². The summed E-state index contributed by atoms with van der Waals surface area (Å²) in [6, 6.07) is 12.6. The van der Waals surface area contributed by atoms with Gasteiger partial charge in [0.05, 0.1) is 11.9 Å². The summed E-state index contributed by atoms with van der Waals surface area (Å²) >= 11 is 10.8. The van der Waals surface area contributed by atoms with E-state index in [4.69, 9.17) is 11.6 Å². The maximum Gasteiger partial charge on any atom is 0.240 e. The van der Waals surface area contributed by atoms with E-state index in [0.717, 1.165) is 25.5 Å². The zero-order valence-electron chi connectivity index (χ0n) is 14.9. The monoisotopic (exact) mass is 490 g/mol. The molecule has 1 N–H and O–H groups in total. The predicted molar refractivity (Wildman–Crippen MR) is 116 cm³/mol. The van der Waals surface area contributed by atoms with E-state index in [-0.39, 0.29) is 12.5 Å². The summed E-state index contributed by atoms with van der Waals surface area (Å²) in [5.74, 6) is 0.321.